The van der Waals surface area contributed by atoms with Crippen LogP contribution in [0.2, 0.25) is 0 Å². The summed E-state index contributed by atoms with van der Waals surface area (Å²) in [4.78, 5) is 16.7. The molecular formula is C23H22N4. The summed E-state index contributed by atoms with van der Waals surface area (Å²) < 4.78 is 0. The Balaban J connectivity index is 1.81. The molecule has 0 spiro atoms. The normalized spacial score (nSPS) is 15.1. The Kier molecular flexibility index (Phi) is 4.09. The molecule has 2 N–H and O–H groups in total. The Bertz CT molecular complexity index is 1070. The number of hydrogen-bond acceptors (Lipinski definition) is 2. The van der Waals surface area contributed by atoms with Crippen molar-refractivity contribution in [2.45, 2.75) is 19.3 Å². The first-order valence-corrected chi connectivity index (χ1v) is 9.63. The van der Waals surface area contributed by atoms with Crippen LogP contribution in [0.15, 0.2) is 58.5 Å². The molecule has 27 heavy (non-hydrogen) atoms. The molecule has 0 aliphatic carbocycles. The third-order valence-electron chi connectivity index (χ3n) is 5.26. The van der Waals surface area contributed by atoms with Crippen molar-refractivity contribution in [2.75, 3.05) is 13.1 Å². The lowest BCUT2D eigenvalue weighted by Crippen LogP contribution is -1.91. The third kappa shape index (κ3) is 2.87. The number of nitrogens with one attached hydrogen (secondary N) is 2. The highest BCUT2D eigenvalue weighted by Crippen LogP contribution is 2.34. The molecule has 2 aromatic heterocycles. The lowest BCUT2D eigenvalue weighted by atomic mass is 10.1. The van der Waals surface area contributed by atoms with Gasteiger partial charge in [0, 0.05) is 58.5 Å². The minimum Gasteiger partial charge on any atom is -0.353 e. The number of rotatable bonds is 0. The Morgan fingerprint density at radius 1 is 0.593 bits per heavy atom. The van der Waals surface area contributed by atoms with Crippen molar-refractivity contribution in [3.8, 4) is 11.4 Å². The second-order valence-corrected chi connectivity index (χ2v) is 7.05. The SMILES string of the molecule is C1=NCCCCCN=Cc2c([nH]c3ccccc23)-c2[nH]c3ccccc3c21. The highest BCUT2D eigenvalue weighted by atomic mass is 14.8. The van der Waals surface area contributed by atoms with Gasteiger partial charge < -0.3 is 9.97 Å². The van der Waals surface area contributed by atoms with E-state index >= 15 is 0 Å². The maximum atomic E-state index is 4.73. The van der Waals surface area contributed by atoms with E-state index in [1.54, 1.807) is 0 Å². The van der Waals surface area contributed by atoms with E-state index in [4.69, 9.17) is 9.98 Å². The minimum absolute atomic E-state index is 0.863. The van der Waals surface area contributed by atoms with Gasteiger partial charge in [-0.2, -0.15) is 0 Å². The Morgan fingerprint density at radius 3 is 1.59 bits per heavy atom. The zero-order chi connectivity index (χ0) is 18.1. The maximum Gasteiger partial charge on any atom is 0.0726 e. The maximum absolute atomic E-state index is 4.73. The van der Waals surface area contributed by atoms with Crippen LogP contribution in [-0.4, -0.2) is 35.5 Å². The van der Waals surface area contributed by atoms with Crippen molar-refractivity contribution in [3.05, 3.63) is 59.7 Å². The van der Waals surface area contributed by atoms with Gasteiger partial charge in [-0.3, -0.25) is 9.98 Å². The second kappa shape index (κ2) is 6.88. The molecule has 5 rings (SSSR count). The molecule has 0 unspecified atom stereocenters. The van der Waals surface area contributed by atoms with Crippen molar-refractivity contribution < 1.29 is 0 Å². The number of para-hydroxylation sites is 2. The minimum atomic E-state index is 0.863. The van der Waals surface area contributed by atoms with Gasteiger partial charge in [-0.1, -0.05) is 36.4 Å². The van der Waals surface area contributed by atoms with Crippen LogP contribution in [0.1, 0.15) is 30.4 Å². The Hall–Kier alpha value is -3.14. The van der Waals surface area contributed by atoms with Crippen LogP contribution in [-0.2, 0) is 0 Å². The summed E-state index contributed by atoms with van der Waals surface area (Å²) >= 11 is 0. The van der Waals surface area contributed by atoms with Crippen molar-refractivity contribution >= 4 is 34.2 Å². The molecule has 0 bridgehead atoms. The van der Waals surface area contributed by atoms with Crippen LogP contribution >= 0.6 is 0 Å². The average Bonchev–Trinajstić information content (AvgIpc) is 3.24. The Morgan fingerprint density at radius 2 is 1.07 bits per heavy atom. The van der Waals surface area contributed by atoms with Gasteiger partial charge in [-0.15, -0.1) is 0 Å². The summed E-state index contributed by atoms with van der Waals surface area (Å²) in [5, 5.41) is 2.40. The van der Waals surface area contributed by atoms with E-state index in [9.17, 15) is 0 Å². The van der Waals surface area contributed by atoms with E-state index in [0.717, 1.165) is 65.9 Å². The molecule has 0 saturated carbocycles. The summed E-state index contributed by atoms with van der Waals surface area (Å²) in [5.41, 5.74) is 6.70. The largest absolute Gasteiger partial charge is 0.353 e. The number of nitrogens with zero attached hydrogens (tertiary/aromatic N) is 2. The molecule has 3 heterocycles. The molecular weight excluding hydrogens is 332 g/mol. The van der Waals surface area contributed by atoms with Crippen molar-refractivity contribution in [2.24, 2.45) is 9.98 Å². The molecule has 0 fully saturated rings. The van der Waals surface area contributed by atoms with E-state index < -0.39 is 0 Å². The smallest absolute Gasteiger partial charge is 0.0726 e. The summed E-state index contributed by atoms with van der Waals surface area (Å²) in [6.07, 6.45) is 7.46. The predicted octanol–water partition coefficient (Wildman–Crippen LogP) is 5.34. The number of benzene rings is 2. The summed E-state index contributed by atoms with van der Waals surface area (Å²) in [6, 6.07) is 16.9. The van der Waals surface area contributed by atoms with E-state index in [0.29, 0.717) is 0 Å². The lowest BCUT2D eigenvalue weighted by Gasteiger charge is -2.01. The third-order valence-corrected chi connectivity index (χ3v) is 5.26. The monoisotopic (exact) mass is 354 g/mol. The highest BCUT2D eigenvalue weighted by molar-refractivity contribution is 6.11. The van der Waals surface area contributed by atoms with Gasteiger partial charge in [0.2, 0.25) is 0 Å². The standard InChI is InChI=1S/C23H22N4/c1-6-12-24-14-18-16-8-2-4-10-20(16)26-22(18)23-19(15-25-13-7-1)17-9-3-5-11-21(17)27-23/h2-5,8-11,14-15,26-27H,1,6-7,12-13H2. The van der Waals surface area contributed by atoms with Crippen LogP contribution in [0.3, 0.4) is 0 Å². The van der Waals surface area contributed by atoms with E-state index in [1.807, 2.05) is 12.4 Å². The fourth-order valence-electron chi connectivity index (χ4n) is 3.88. The molecule has 2 aromatic carbocycles. The molecule has 134 valence electrons. The first kappa shape index (κ1) is 16.1. The van der Waals surface area contributed by atoms with Gasteiger partial charge in [-0.05, 0) is 31.4 Å². The van der Waals surface area contributed by atoms with Crippen LogP contribution < -0.4 is 0 Å². The zero-order valence-corrected chi connectivity index (χ0v) is 15.2. The second-order valence-electron chi connectivity index (χ2n) is 7.05. The number of aromatic amines is 2. The van der Waals surface area contributed by atoms with Gasteiger partial charge in [-0.25, -0.2) is 0 Å². The topological polar surface area (TPSA) is 56.3 Å². The summed E-state index contributed by atoms with van der Waals surface area (Å²) in [7, 11) is 0. The molecule has 1 aliphatic heterocycles. The number of hydrogen-bond donors (Lipinski definition) is 2. The van der Waals surface area contributed by atoms with Crippen molar-refractivity contribution in [1.82, 2.24) is 9.97 Å². The zero-order valence-electron chi connectivity index (χ0n) is 15.2. The van der Waals surface area contributed by atoms with Crippen LogP contribution in [0.25, 0.3) is 33.2 Å². The van der Waals surface area contributed by atoms with Crippen LogP contribution in [0, 0.1) is 0 Å². The molecule has 0 radical (unpaired) electrons. The molecule has 4 heteroatoms. The average molecular weight is 354 g/mol. The van der Waals surface area contributed by atoms with Gasteiger partial charge in [0.25, 0.3) is 0 Å². The fourth-order valence-corrected chi connectivity index (χ4v) is 3.88. The Labute approximate surface area is 158 Å². The van der Waals surface area contributed by atoms with Crippen molar-refractivity contribution in [3.63, 3.8) is 0 Å². The van der Waals surface area contributed by atoms with Gasteiger partial charge >= 0.3 is 0 Å². The van der Waals surface area contributed by atoms with Crippen LogP contribution in [0.5, 0.6) is 0 Å². The van der Waals surface area contributed by atoms with E-state index in [1.165, 1.54) is 10.8 Å². The first-order chi connectivity index (χ1) is 13.4. The van der Waals surface area contributed by atoms with Crippen LogP contribution in [0.4, 0.5) is 0 Å². The quantitative estimate of drug-likeness (QED) is 0.428. The van der Waals surface area contributed by atoms with Gasteiger partial charge in [0.05, 0.1) is 11.4 Å². The molecule has 1 aliphatic rings. The van der Waals surface area contributed by atoms with Gasteiger partial charge in [0.1, 0.15) is 0 Å². The molecule has 4 aromatic rings. The van der Waals surface area contributed by atoms with Crippen molar-refractivity contribution in [1.29, 1.82) is 0 Å². The summed E-state index contributed by atoms with van der Waals surface area (Å²) in [6.45, 7) is 1.73. The van der Waals surface area contributed by atoms with Gasteiger partial charge in [0.15, 0.2) is 0 Å². The number of aliphatic imine (C=N–C) groups is 2. The summed E-state index contributed by atoms with van der Waals surface area (Å²) in [5.74, 6) is 0. The fraction of sp³-hybridized carbons (Fsp3) is 0.217. The molecule has 4 nitrogen and oxygen atoms in total. The predicted molar refractivity (Wildman–Crippen MR) is 114 cm³/mol. The number of fused-ring (bicyclic) bond motifs is 7. The number of aromatic nitrogens is 2. The lowest BCUT2D eigenvalue weighted by molar-refractivity contribution is 0.698. The molecule has 0 amide bonds. The first-order valence-electron chi connectivity index (χ1n) is 9.63. The molecule has 0 atom stereocenters. The highest BCUT2D eigenvalue weighted by Gasteiger charge is 2.18. The van der Waals surface area contributed by atoms with E-state index in [-0.39, 0.29) is 0 Å². The molecule has 0 saturated heterocycles. The van der Waals surface area contributed by atoms with E-state index in [2.05, 4.69) is 58.5 Å². The number of H-pyrrole nitrogens is 2.